The van der Waals surface area contributed by atoms with Crippen molar-refractivity contribution >= 4 is 7.82 Å². The van der Waals surface area contributed by atoms with Crippen LogP contribution in [0.2, 0.25) is 0 Å². The van der Waals surface area contributed by atoms with Crippen LogP contribution in [-0.2, 0) is 4.57 Å². The van der Waals surface area contributed by atoms with Crippen molar-refractivity contribution in [2.24, 2.45) is 0 Å². The van der Waals surface area contributed by atoms with Crippen molar-refractivity contribution in [2.75, 3.05) is 0 Å². The Labute approximate surface area is 171 Å². The number of phenolic OH excluding ortho intramolecular Hbond substituents is 2. The van der Waals surface area contributed by atoms with Gasteiger partial charge in [-0.2, -0.15) is 7.82 Å². The topological polar surface area (TPSA) is 158 Å². The number of aromatic hydroxyl groups is 2. The first-order valence-electron chi connectivity index (χ1n) is 3.41. The standard InChI is InChI=1S/C7H8O2.3Na.H3O4P.H2O/c1-5-2-6(8)4-7(9)3-5;;;;1-5(2,3)4;/h2-4,8-9H,1H3;;;;(H3,1,2,3,4);1H2/q;3*+1;;/p-3. The third-order valence-corrected chi connectivity index (χ3v) is 1.05. The predicted octanol–water partition coefficient (Wildman–Crippen LogP) is -11.2. The molecular weight excluding hydrogens is 296 g/mol. The molecule has 1 aromatic carbocycles. The van der Waals surface area contributed by atoms with Gasteiger partial charge in [0.15, 0.2) is 0 Å². The van der Waals surface area contributed by atoms with Crippen LogP contribution in [0.1, 0.15) is 5.56 Å². The third kappa shape index (κ3) is 26.5. The van der Waals surface area contributed by atoms with Gasteiger partial charge in [0, 0.05) is 6.07 Å². The Morgan fingerprint density at radius 3 is 1.33 bits per heavy atom. The zero-order valence-electron chi connectivity index (χ0n) is 10.7. The van der Waals surface area contributed by atoms with E-state index in [1.807, 2.05) is 0 Å². The zero-order valence-corrected chi connectivity index (χ0v) is 17.6. The first-order chi connectivity index (χ1) is 6.18. The smallest absolute Gasteiger partial charge is 0.822 e. The van der Waals surface area contributed by atoms with Crippen molar-refractivity contribution in [2.45, 2.75) is 6.92 Å². The first-order valence-corrected chi connectivity index (χ1v) is 4.87. The van der Waals surface area contributed by atoms with E-state index in [-0.39, 0.29) is 106 Å². The van der Waals surface area contributed by atoms with Gasteiger partial charge in [-0.15, -0.1) is 0 Å². The SMILES string of the molecule is Cc1cc(O)cc(O)c1.O.O=P([O-])([O-])[O-].[Na+].[Na+].[Na+]. The maximum Gasteiger partial charge on any atom is 1.00 e. The van der Waals surface area contributed by atoms with Crippen molar-refractivity contribution in [3.05, 3.63) is 23.8 Å². The Morgan fingerprint density at radius 2 is 1.17 bits per heavy atom. The Hall–Kier alpha value is 1.89. The van der Waals surface area contributed by atoms with E-state index in [4.69, 9.17) is 29.5 Å². The molecule has 7 nitrogen and oxygen atoms in total. The average Bonchev–Trinajstić information content (AvgIpc) is 1.77. The molecular formula is C7H10Na3O7P. The van der Waals surface area contributed by atoms with Crippen molar-refractivity contribution in [1.82, 2.24) is 0 Å². The number of rotatable bonds is 0. The molecule has 1 aromatic rings. The molecule has 18 heavy (non-hydrogen) atoms. The van der Waals surface area contributed by atoms with E-state index in [1.165, 1.54) is 6.07 Å². The second-order valence-corrected chi connectivity index (χ2v) is 3.37. The summed E-state index contributed by atoms with van der Waals surface area (Å²) in [5, 5.41) is 17.7. The molecule has 1 rings (SSSR count). The van der Waals surface area contributed by atoms with Crippen LogP contribution in [0.4, 0.5) is 0 Å². The van der Waals surface area contributed by atoms with E-state index >= 15 is 0 Å². The number of hydrogen-bond acceptors (Lipinski definition) is 6. The van der Waals surface area contributed by atoms with Crippen LogP contribution >= 0.6 is 7.82 Å². The van der Waals surface area contributed by atoms with Gasteiger partial charge in [0.05, 0.1) is 0 Å². The number of phenols is 2. The van der Waals surface area contributed by atoms with Crippen LogP contribution < -0.4 is 103 Å². The van der Waals surface area contributed by atoms with Crippen LogP contribution in [0, 0.1) is 6.92 Å². The zero-order chi connectivity index (χ0) is 11.4. The van der Waals surface area contributed by atoms with Gasteiger partial charge in [0.1, 0.15) is 11.5 Å². The van der Waals surface area contributed by atoms with Gasteiger partial charge in [0.2, 0.25) is 0 Å². The Balaban J connectivity index is -0.0000000567. The van der Waals surface area contributed by atoms with Gasteiger partial charge < -0.3 is 34.9 Å². The van der Waals surface area contributed by atoms with E-state index in [9.17, 15) is 0 Å². The fourth-order valence-electron chi connectivity index (χ4n) is 0.743. The monoisotopic (exact) mass is 306 g/mol. The molecule has 0 atom stereocenters. The van der Waals surface area contributed by atoms with Crippen molar-refractivity contribution in [3.63, 3.8) is 0 Å². The summed E-state index contributed by atoms with van der Waals surface area (Å²) < 4.78 is 8.55. The largest absolute Gasteiger partial charge is 1.00 e. The minimum absolute atomic E-state index is 0. The van der Waals surface area contributed by atoms with Crippen LogP contribution in [0.3, 0.4) is 0 Å². The molecule has 88 valence electrons. The van der Waals surface area contributed by atoms with Crippen LogP contribution in [0.25, 0.3) is 0 Å². The molecule has 0 saturated heterocycles. The number of aryl methyl sites for hydroxylation is 1. The van der Waals surface area contributed by atoms with Gasteiger partial charge in [-0.3, -0.25) is 0 Å². The fourth-order valence-corrected chi connectivity index (χ4v) is 0.743. The molecule has 0 unspecified atom stereocenters. The van der Waals surface area contributed by atoms with Gasteiger partial charge in [-0.05, 0) is 24.6 Å². The second kappa shape index (κ2) is 15.3. The minimum atomic E-state index is -5.39. The molecule has 4 N–H and O–H groups in total. The molecule has 0 aliphatic heterocycles. The molecule has 0 amide bonds. The molecule has 0 aromatic heterocycles. The summed E-state index contributed by atoms with van der Waals surface area (Å²) in [5.74, 6) is 0.208. The Bertz CT molecular complexity index is 298. The molecule has 0 fully saturated rings. The van der Waals surface area contributed by atoms with Gasteiger partial charge >= 0.3 is 88.7 Å². The molecule has 0 heterocycles. The van der Waals surface area contributed by atoms with Crippen molar-refractivity contribution in [3.8, 4) is 11.5 Å². The number of hydrogen-bond donors (Lipinski definition) is 2. The first kappa shape index (κ1) is 32.0. The van der Waals surface area contributed by atoms with E-state index in [0.29, 0.717) is 0 Å². The minimum Gasteiger partial charge on any atom is -0.822 e. The van der Waals surface area contributed by atoms with E-state index in [2.05, 4.69) is 0 Å². The molecule has 0 saturated carbocycles. The summed E-state index contributed by atoms with van der Waals surface area (Å²) >= 11 is 0. The second-order valence-electron chi connectivity index (χ2n) is 2.47. The average molecular weight is 306 g/mol. The molecule has 11 heteroatoms. The summed E-state index contributed by atoms with van der Waals surface area (Å²) in [7, 11) is -5.39. The summed E-state index contributed by atoms with van der Waals surface area (Å²) in [5.41, 5.74) is 0.854. The summed E-state index contributed by atoms with van der Waals surface area (Å²) in [6.45, 7) is 1.80. The number of phosphoric acid groups is 1. The van der Waals surface area contributed by atoms with Crippen LogP contribution in [0.15, 0.2) is 18.2 Å². The van der Waals surface area contributed by atoms with Crippen molar-refractivity contribution < 1.29 is 124 Å². The summed E-state index contributed by atoms with van der Waals surface area (Å²) in [6.07, 6.45) is 0. The summed E-state index contributed by atoms with van der Waals surface area (Å²) in [4.78, 5) is 25.6. The van der Waals surface area contributed by atoms with Gasteiger partial charge in [-0.1, -0.05) is 0 Å². The van der Waals surface area contributed by atoms with E-state index in [0.717, 1.165) is 5.56 Å². The van der Waals surface area contributed by atoms with E-state index in [1.54, 1.807) is 19.1 Å². The Kier molecular flexibility index (Phi) is 27.2. The predicted molar refractivity (Wildman–Crippen MR) is 45.7 cm³/mol. The van der Waals surface area contributed by atoms with Crippen molar-refractivity contribution in [1.29, 1.82) is 0 Å². The third-order valence-electron chi connectivity index (χ3n) is 1.05. The fraction of sp³-hybridized carbons (Fsp3) is 0.143. The molecule has 0 radical (unpaired) electrons. The van der Waals surface area contributed by atoms with Crippen LogP contribution in [-0.4, -0.2) is 15.7 Å². The van der Waals surface area contributed by atoms with Gasteiger partial charge in [0.25, 0.3) is 0 Å². The maximum absolute atomic E-state index is 8.83. The Morgan fingerprint density at radius 1 is 0.944 bits per heavy atom. The number of benzene rings is 1. The van der Waals surface area contributed by atoms with E-state index < -0.39 is 7.82 Å². The summed E-state index contributed by atoms with van der Waals surface area (Å²) in [6, 6.07) is 4.46. The molecule has 0 aliphatic rings. The molecule has 0 spiro atoms. The normalized spacial score (nSPS) is 8.00. The molecule has 0 bridgehead atoms. The maximum atomic E-state index is 8.83. The van der Waals surface area contributed by atoms with Gasteiger partial charge in [-0.25, -0.2) is 0 Å². The quantitative estimate of drug-likeness (QED) is 0.357. The molecule has 0 aliphatic carbocycles. The van der Waals surface area contributed by atoms with Crippen LogP contribution in [0.5, 0.6) is 11.5 Å².